The smallest absolute Gasteiger partial charge is 0.310 e. The molecule has 60 heavy (non-hydrogen) atoms. The summed E-state index contributed by atoms with van der Waals surface area (Å²) in [6.45, 7) is 6.22. The van der Waals surface area contributed by atoms with Gasteiger partial charge in [-0.15, -0.1) is 0 Å². The van der Waals surface area contributed by atoms with E-state index < -0.39 is 144 Å². The molecule has 2 fully saturated rings. The third kappa shape index (κ3) is 12.8. The Morgan fingerprint density at radius 3 is 0.400 bits per heavy atom. The normalized spacial score (nSPS) is 27.8. The van der Waals surface area contributed by atoms with Gasteiger partial charge in [-0.1, -0.05) is 0 Å². The molecule has 0 aromatic heterocycles. The number of esters is 12. The van der Waals surface area contributed by atoms with Crippen LogP contribution in [0.25, 0.3) is 0 Å². The quantitative estimate of drug-likeness (QED) is 0.156. The van der Waals surface area contributed by atoms with E-state index in [1.165, 1.54) is 0 Å². The Labute approximate surface area is 342 Å². The van der Waals surface area contributed by atoms with Crippen LogP contribution in [0.5, 0.6) is 0 Å². The van der Waals surface area contributed by atoms with Crippen LogP contribution in [0.15, 0.2) is 0 Å². The molecule has 2 aliphatic carbocycles. The highest BCUT2D eigenvalue weighted by Gasteiger charge is 2.66. The molecule has 24 heteroatoms. The van der Waals surface area contributed by atoms with Crippen molar-refractivity contribution >= 4 is 71.6 Å². The van der Waals surface area contributed by atoms with Crippen molar-refractivity contribution in [2.75, 3.05) is 42.7 Å². The monoisotopic (exact) mass is 864 g/mol. The number of methoxy groups -OCH3 is 6. The van der Waals surface area contributed by atoms with E-state index in [-0.39, 0.29) is 0 Å². The molecule has 0 N–H and O–H groups in total. The van der Waals surface area contributed by atoms with Gasteiger partial charge in [-0.2, -0.15) is 0 Å². The van der Waals surface area contributed by atoms with Gasteiger partial charge in [0.2, 0.25) is 0 Å². The minimum absolute atomic E-state index is 0.858. The van der Waals surface area contributed by atoms with Gasteiger partial charge < -0.3 is 56.8 Å². The molecule has 0 radical (unpaired) electrons. The highest BCUT2D eigenvalue weighted by molar-refractivity contribution is 5.98. The van der Waals surface area contributed by atoms with Crippen LogP contribution in [0.3, 0.4) is 0 Å². The van der Waals surface area contributed by atoms with Crippen molar-refractivity contribution in [3.8, 4) is 0 Å². The first-order chi connectivity index (χ1) is 28.0. The average molecular weight is 865 g/mol. The molecule has 0 amide bonds. The lowest BCUT2D eigenvalue weighted by molar-refractivity contribution is -0.259. The highest BCUT2D eigenvalue weighted by atomic mass is 16.7. The third-order valence-electron chi connectivity index (χ3n) is 8.92. The van der Waals surface area contributed by atoms with Crippen molar-refractivity contribution in [1.82, 2.24) is 0 Å². The number of ether oxygens (including phenoxy) is 12. The van der Waals surface area contributed by atoms with E-state index in [9.17, 15) is 57.5 Å². The summed E-state index contributed by atoms with van der Waals surface area (Å²) in [4.78, 5) is 146. The lowest BCUT2D eigenvalue weighted by Crippen LogP contribution is -2.68. The Bertz CT molecular complexity index is 1330. The van der Waals surface area contributed by atoms with E-state index in [0.29, 0.717) is 0 Å². The second-order valence-corrected chi connectivity index (χ2v) is 12.7. The third-order valence-corrected chi connectivity index (χ3v) is 8.92. The Hall–Kier alpha value is -6.36. The molecule has 0 unspecified atom stereocenters. The molecular formula is C36H48O24. The number of carbonyl (C=O) groups is 12. The molecule has 24 nitrogen and oxygen atoms in total. The van der Waals surface area contributed by atoms with Crippen LogP contribution in [0.4, 0.5) is 0 Å². The fourth-order valence-corrected chi connectivity index (χ4v) is 6.99. The standard InChI is InChI=1S/2C18H24O12/c1-25-13(19)7-8(14(20)26-2)10(16(22)28-4)12(18(24)30-6)11(17(23)29-5)9(7)15(21)27-3;1-7(19)25-13-14(26-8(2)20)16(28-10(4)22)18(30-12(6)24)17(29-11(5)23)15(13)27-9(3)21/h7-12H,1-6H3;13-18H,1-6H3. The SMILES string of the molecule is CC(=O)OC1C(OC(C)=O)C(OC(C)=O)C(OC(C)=O)C(OC(C)=O)C1OC(C)=O.COC(=O)C1C(C(=O)OC)C(C(=O)OC)C(C(=O)OC)C(C(=O)OC)C1C(=O)OC. The Morgan fingerprint density at radius 1 is 0.233 bits per heavy atom. The topological polar surface area (TPSA) is 316 Å². The van der Waals surface area contributed by atoms with Gasteiger partial charge in [-0.3, -0.25) is 57.5 Å². The molecule has 0 aromatic rings. The van der Waals surface area contributed by atoms with Gasteiger partial charge in [-0.05, 0) is 0 Å². The Morgan fingerprint density at radius 2 is 0.333 bits per heavy atom. The molecule has 2 saturated carbocycles. The summed E-state index contributed by atoms with van der Waals surface area (Å²) >= 11 is 0. The summed E-state index contributed by atoms with van der Waals surface area (Å²) in [5, 5.41) is 0. The first-order valence-corrected chi connectivity index (χ1v) is 17.5. The van der Waals surface area contributed by atoms with Gasteiger partial charge in [0.15, 0.2) is 36.6 Å². The van der Waals surface area contributed by atoms with E-state index >= 15 is 0 Å². The maximum atomic E-state index is 12.6. The molecule has 336 valence electrons. The maximum absolute atomic E-state index is 12.6. The number of rotatable bonds is 12. The van der Waals surface area contributed by atoms with Gasteiger partial charge in [0.05, 0.1) is 78.2 Å². The first-order valence-electron chi connectivity index (χ1n) is 17.5. The summed E-state index contributed by atoms with van der Waals surface area (Å²) in [6, 6.07) is 0. The van der Waals surface area contributed by atoms with Gasteiger partial charge in [0.25, 0.3) is 0 Å². The molecule has 2 rings (SSSR count). The molecule has 0 aromatic carbocycles. The van der Waals surface area contributed by atoms with Crippen molar-refractivity contribution in [1.29, 1.82) is 0 Å². The van der Waals surface area contributed by atoms with E-state index in [0.717, 1.165) is 84.2 Å². The summed E-state index contributed by atoms with van der Waals surface area (Å²) in [6.07, 6.45) is -9.27. The van der Waals surface area contributed by atoms with Crippen LogP contribution in [0.2, 0.25) is 0 Å². The number of carbonyl (C=O) groups excluding carboxylic acids is 12. The van der Waals surface area contributed by atoms with Crippen LogP contribution >= 0.6 is 0 Å². The fourth-order valence-electron chi connectivity index (χ4n) is 6.99. The number of hydrogen-bond donors (Lipinski definition) is 0. The molecular weight excluding hydrogens is 816 g/mol. The Kier molecular flexibility index (Phi) is 20.0. The minimum atomic E-state index is -1.72. The largest absolute Gasteiger partial charge is 0.469 e. The average Bonchev–Trinajstić information content (AvgIpc) is 3.17. The van der Waals surface area contributed by atoms with E-state index in [4.69, 9.17) is 56.8 Å². The van der Waals surface area contributed by atoms with Crippen LogP contribution in [-0.4, -0.2) is 151 Å². The molecule has 0 atom stereocenters. The second-order valence-electron chi connectivity index (χ2n) is 12.7. The van der Waals surface area contributed by atoms with Crippen molar-refractivity contribution in [3.63, 3.8) is 0 Å². The minimum Gasteiger partial charge on any atom is -0.469 e. The predicted octanol–water partition coefficient (Wildman–Crippen LogP) is -1.67. The second kappa shape index (κ2) is 23.3. The van der Waals surface area contributed by atoms with Crippen molar-refractivity contribution in [3.05, 3.63) is 0 Å². The summed E-state index contributed by atoms with van der Waals surface area (Å²) < 4.78 is 59.3. The first kappa shape index (κ1) is 51.7. The zero-order valence-electron chi connectivity index (χ0n) is 34.7. The summed E-state index contributed by atoms with van der Waals surface area (Å²) in [5.74, 6) is -22.1. The molecule has 0 saturated heterocycles. The maximum Gasteiger partial charge on any atom is 0.310 e. The van der Waals surface area contributed by atoms with Crippen LogP contribution in [-0.2, 0) is 114 Å². The van der Waals surface area contributed by atoms with Crippen molar-refractivity contribution in [2.45, 2.75) is 78.2 Å². The van der Waals surface area contributed by atoms with Gasteiger partial charge >= 0.3 is 71.6 Å². The van der Waals surface area contributed by atoms with Gasteiger partial charge in [-0.25, -0.2) is 0 Å². The van der Waals surface area contributed by atoms with E-state index in [1.807, 2.05) is 0 Å². The number of hydrogen-bond acceptors (Lipinski definition) is 24. The van der Waals surface area contributed by atoms with E-state index in [2.05, 4.69) is 0 Å². The van der Waals surface area contributed by atoms with Gasteiger partial charge in [0.1, 0.15) is 0 Å². The molecule has 0 heterocycles. The zero-order valence-corrected chi connectivity index (χ0v) is 34.7. The lowest BCUT2D eigenvalue weighted by Gasteiger charge is -2.46. The summed E-state index contributed by atoms with van der Waals surface area (Å²) in [5.41, 5.74) is 0. The van der Waals surface area contributed by atoms with Crippen molar-refractivity contribution < 1.29 is 114 Å². The fraction of sp³-hybridized carbons (Fsp3) is 0.667. The van der Waals surface area contributed by atoms with Crippen LogP contribution < -0.4 is 0 Å². The predicted molar refractivity (Wildman–Crippen MR) is 186 cm³/mol. The molecule has 0 aliphatic heterocycles. The molecule has 0 spiro atoms. The van der Waals surface area contributed by atoms with E-state index in [1.54, 1.807) is 0 Å². The summed E-state index contributed by atoms with van der Waals surface area (Å²) in [7, 11) is 5.90. The Balaban J connectivity index is 0.000000600. The van der Waals surface area contributed by atoms with Gasteiger partial charge in [0, 0.05) is 41.5 Å². The van der Waals surface area contributed by atoms with Crippen LogP contribution in [0.1, 0.15) is 41.5 Å². The highest BCUT2D eigenvalue weighted by Crippen LogP contribution is 2.49. The zero-order chi connectivity index (χ0) is 46.3. The lowest BCUT2D eigenvalue weighted by atomic mass is 9.56. The molecule has 2 aliphatic rings. The molecule has 0 bridgehead atoms. The van der Waals surface area contributed by atoms with Crippen LogP contribution in [0, 0.1) is 35.5 Å². The van der Waals surface area contributed by atoms with Crippen molar-refractivity contribution in [2.24, 2.45) is 35.5 Å².